The number of hydrogen-bond acceptors (Lipinski definition) is 4. The zero-order valence-electron chi connectivity index (χ0n) is 11.3. The minimum absolute atomic E-state index is 0.284. The Morgan fingerprint density at radius 1 is 1.50 bits per heavy atom. The molecule has 0 aliphatic carbocycles. The van der Waals surface area contributed by atoms with Crippen molar-refractivity contribution in [3.63, 3.8) is 0 Å². The summed E-state index contributed by atoms with van der Waals surface area (Å²) in [5.41, 5.74) is 0. The summed E-state index contributed by atoms with van der Waals surface area (Å²) in [6, 6.07) is 0. The number of thioether (sulfide) groups is 1. The molecule has 1 rings (SSSR count). The van der Waals surface area contributed by atoms with E-state index in [4.69, 9.17) is 0 Å². The molecule has 0 amide bonds. The number of hydrogen-bond donors (Lipinski definition) is 1. The number of nitrogens with zero attached hydrogens (tertiary/aromatic N) is 1. The van der Waals surface area contributed by atoms with E-state index in [1.807, 2.05) is 11.8 Å². The first-order valence-electron chi connectivity index (χ1n) is 6.64. The third kappa shape index (κ3) is 5.91. The summed E-state index contributed by atoms with van der Waals surface area (Å²) in [4.78, 5) is 0. The number of aliphatic hydroxyl groups excluding tert-OH is 1. The van der Waals surface area contributed by atoms with Gasteiger partial charge in [0, 0.05) is 13.1 Å². The van der Waals surface area contributed by atoms with Gasteiger partial charge in [-0.25, -0.2) is 12.7 Å². The summed E-state index contributed by atoms with van der Waals surface area (Å²) in [7, 11) is -3.07. The van der Waals surface area contributed by atoms with Gasteiger partial charge >= 0.3 is 0 Å². The van der Waals surface area contributed by atoms with Crippen molar-refractivity contribution >= 4 is 21.8 Å². The lowest BCUT2D eigenvalue weighted by atomic mass is 9.93. The second-order valence-electron chi connectivity index (χ2n) is 5.00. The van der Waals surface area contributed by atoms with Gasteiger partial charge in [-0.2, -0.15) is 11.8 Å². The number of rotatable bonds is 7. The fraction of sp³-hybridized carbons (Fsp3) is 1.00. The van der Waals surface area contributed by atoms with Crippen molar-refractivity contribution in [1.82, 2.24) is 4.31 Å². The molecule has 2 atom stereocenters. The molecule has 0 bridgehead atoms. The van der Waals surface area contributed by atoms with Gasteiger partial charge in [0.05, 0.1) is 12.4 Å². The first-order chi connectivity index (χ1) is 8.43. The van der Waals surface area contributed by atoms with Crippen LogP contribution < -0.4 is 0 Å². The normalized spacial score (nSPS) is 24.1. The predicted molar refractivity (Wildman–Crippen MR) is 77.4 cm³/mol. The Labute approximate surface area is 115 Å². The van der Waals surface area contributed by atoms with E-state index in [2.05, 4.69) is 6.92 Å². The molecule has 0 aromatic carbocycles. The Bertz CT molecular complexity index is 332. The van der Waals surface area contributed by atoms with Crippen molar-refractivity contribution < 1.29 is 13.5 Å². The first kappa shape index (κ1) is 16.3. The molecule has 1 N–H and O–H groups in total. The second-order valence-corrected chi connectivity index (χ2v) is 8.38. The van der Waals surface area contributed by atoms with Crippen LogP contribution in [0, 0.1) is 5.92 Å². The molecule has 0 aromatic heterocycles. The minimum Gasteiger partial charge on any atom is -0.393 e. The van der Waals surface area contributed by atoms with E-state index in [-0.39, 0.29) is 6.10 Å². The van der Waals surface area contributed by atoms with Crippen LogP contribution in [0.25, 0.3) is 0 Å². The third-order valence-corrected chi connectivity index (χ3v) is 5.56. The average molecular weight is 295 g/mol. The average Bonchev–Trinajstić information content (AvgIpc) is 2.28. The van der Waals surface area contributed by atoms with Gasteiger partial charge in [0.15, 0.2) is 0 Å². The summed E-state index contributed by atoms with van der Waals surface area (Å²) < 4.78 is 24.5. The van der Waals surface area contributed by atoms with Crippen LogP contribution in [0.2, 0.25) is 0 Å². The van der Waals surface area contributed by atoms with Crippen molar-refractivity contribution in [2.75, 3.05) is 30.9 Å². The van der Waals surface area contributed by atoms with E-state index in [9.17, 15) is 13.5 Å². The van der Waals surface area contributed by atoms with Gasteiger partial charge in [0.1, 0.15) is 0 Å². The summed E-state index contributed by atoms with van der Waals surface area (Å²) in [6.45, 7) is 3.33. The number of aliphatic hydroxyl groups is 1. The van der Waals surface area contributed by atoms with E-state index >= 15 is 0 Å². The Morgan fingerprint density at radius 2 is 2.22 bits per heavy atom. The highest BCUT2D eigenvalue weighted by Gasteiger charge is 2.27. The summed E-state index contributed by atoms with van der Waals surface area (Å²) >= 11 is 1.84. The molecule has 2 unspecified atom stereocenters. The monoisotopic (exact) mass is 295 g/mol. The van der Waals surface area contributed by atoms with E-state index in [1.54, 1.807) is 4.31 Å². The highest BCUT2D eigenvalue weighted by atomic mass is 32.2. The lowest BCUT2D eigenvalue weighted by Crippen LogP contribution is -2.40. The number of piperidine rings is 1. The van der Waals surface area contributed by atoms with Crippen molar-refractivity contribution in [2.24, 2.45) is 5.92 Å². The molecule has 0 saturated carbocycles. The fourth-order valence-electron chi connectivity index (χ4n) is 2.39. The van der Waals surface area contributed by atoms with Crippen LogP contribution in [0.15, 0.2) is 0 Å². The fourth-order valence-corrected chi connectivity index (χ4v) is 4.06. The van der Waals surface area contributed by atoms with Gasteiger partial charge in [0.25, 0.3) is 0 Å². The van der Waals surface area contributed by atoms with Crippen LogP contribution in [0.1, 0.15) is 32.6 Å². The quantitative estimate of drug-likeness (QED) is 0.724. The highest BCUT2D eigenvalue weighted by Crippen LogP contribution is 2.23. The van der Waals surface area contributed by atoms with Gasteiger partial charge in [-0.1, -0.05) is 6.92 Å². The molecule has 1 saturated heterocycles. The zero-order chi connectivity index (χ0) is 13.6. The maximum Gasteiger partial charge on any atom is 0.211 e. The number of sulfonamides is 1. The largest absolute Gasteiger partial charge is 0.393 e. The van der Waals surface area contributed by atoms with E-state index in [0.29, 0.717) is 19.0 Å². The molecule has 1 aliphatic rings. The first-order valence-corrected chi connectivity index (χ1v) is 9.64. The van der Waals surface area contributed by atoms with Gasteiger partial charge in [0.2, 0.25) is 10.0 Å². The van der Waals surface area contributed by atoms with Gasteiger partial charge < -0.3 is 5.11 Å². The molecule has 0 spiro atoms. The molecule has 0 aromatic rings. The lowest BCUT2D eigenvalue weighted by Gasteiger charge is -2.32. The smallest absolute Gasteiger partial charge is 0.211 e. The maximum absolute atomic E-state index is 11.5. The Morgan fingerprint density at radius 3 is 2.83 bits per heavy atom. The summed E-state index contributed by atoms with van der Waals surface area (Å²) in [5.74, 6) is 2.38. The lowest BCUT2D eigenvalue weighted by molar-refractivity contribution is 0.119. The van der Waals surface area contributed by atoms with Crippen molar-refractivity contribution in [3.05, 3.63) is 0 Å². The van der Waals surface area contributed by atoms with Crippen LogP contribution in [0.5, 0.6) is 0 Å². The standard InChI is InChI=1S/C12H25NO3S2/c1-3-17-8-6-12(14)9-11-5-4-7-13(10-11)18(2,15)16/h11-12,14H,3-10H2,1-2H3. The van der Waals surface area contributed by atoms with E-state index < -0.39 is 10.0 Å². The molecular formula is C12H25NO3S2. The van der Waals surface area contributed by atoms with E-state index in [0.717, 1.165) is 37.2 Å². The van der Waals surface area contributed by atoms with Crippen molar-refractivity contribution in [3.8, 4) is 0 Å². The predicted octanol–water partition coefficient (Wildman–Crippen LogP) is 1.55. The van der Waals surface area contributed by atoms with Crippen LogP contribution in [0.4, 0.5) is 0 Å². The van der Waals surface area contributed by atoms with Crippen LogP contribution in [0.3, 0.4) is 0 Å². The Balaban J connectivity index is 2.33. The third-order valence-electron chi connectivity index (χ3n) is 3.36. The Hall–Kier alpha value is 0.220. The van der Waals surface area contributed by atoms with Gasteiger partial charge in [-0.05, 0) is 43.1 Å². The maximum atomic E-state index is 11.5. The topological polar surface area (TPSA) is 57.6 Å². The molecule has 0 radical (unpaired) electrons. The Kier molecular flexibility index (Phi) is 6.98. The zero-order valence-corrected chi connectivity index (χ0v) is 13.0. The molecule has 108 valence electrons. The summed E-state index contributed by atoms with van der Waals surface area (Å²) in [5, 5.41) is 9.94. The molecule has 18 heavy (non-hydrogen) atoms. The minimum atomic E-state index is -3.07. The van der Waals surface area contributed by atoms with Crippen molar-refractivity contribution in [2.45, 2.75) is 38.7 Å². The highest BCUT2D eigenvalue weighted by molar-refractivity contribution is 7.99. The second kappa shape index (κ2) is 7.72. The molecule has 1 aliphatic heterocycles. The van der Waals surface area contributed by atoms with Crippen LogP contribution >= 0.6 is 11.8 Å². The van der Waals surface area contributed by atoms with Gasteiger partial charge in [-0.3, -0.25) is 0 Å². The summed E-state index contributed by atoms with van der Waals surface area (Å²) in [6.07, 6.45) is 4.47. The molecule has 1 heterocycles. The molecule has 1 fully saturated rings. The van der Waals surface area contributed by atoms with E-state index in [1.165, 1.54) is 6.26 Å². The molecular weight excluding hydrogens is 270 g/mol. The van der Waals surface area contributed by atoms with Crippen molar-refractivity contribution in [1.29, 1.82) is 0 Å². The van der Waals surface area contributed by atoms with Crippen LogP contribution in [-0.4, -0.2) is 54.8 Å². The molecule has 4 nitrogen and oxygen atoms in total. The SMILES string of the molecule is CCSCCC(O)CC1CCCN(S(C)(=O)=O)C1. The molecule has 6 heteroatoms. The van der Waals surface area contributed by atoms with Crippen LogP contribution in [-0.2, 0) is 10.0 Å². The van der Waals surface area contributed by atoms with Gasteiger partial charge in [-0.15, -0.1) is 0 Å².